The average Bonchev–Trinajstić information content (AvgIpc) is 2.46. The number of hydrogen-bond donors (Lipinski definition) is 2. The van der Waals surface area contributed by atoms with Crippen LogP contribution in [0, 0.1) is 0 Å². The molecule has 1 aromatic rings. The van der Waals surface area contributed by atoms with Gasteiger partial charge in [0.2, 0.25) is 0 Å². The van der Waals surface area contributed by atoms with E-state index in [1.165, 1.54) is 0 Å². The number of aliphatic hydroxyl groups excluding tert-OH is 1. The second-order valence-electron chi connectivity index (χ2n) is 4.53. The minimum atomic E-state index is -0.498. The van der Waals surface area contributed by atoms with Crippen LogP contribution in [0.2, 0.25) is 0 Å². The first kappa shape index (κ1) is 11.2. The van der Waals surface area contributed by atoms with Gasteiger partial charge >= 0.3 is 0 Å². The summed E-state index contributed by atoms with van der Waals surface area (Å²) in [5.74, 6) is 0. The minimum Gasteiger partial charge on any atom is -0.385 e. The van der Waals surface area contributed by atoms with Crippen LogP contribution in [0.4, 0.5) is 0 Å². The molecule has 1 unspecified atom stereocenters. The summed E-state index contributed by atoms with van der Waals surface area (Å²) in [6, 6.07) is 1.83. The second kappa shape index (κ2) is 4.11. The van der Waals surface area contributed by atoms with Gasteiger partial charge in [0, 0.05) is 25.3 Å². The highest BCUT2D eigenvalue weighted by Crippen LogP contribution is 2.11. The van der Waals surface area contributed by atoms with Gasteiger partial charge in [-0.2, -0.15) is 5.10 Å². The standard InChI is InChI=1S/C10H19N3O/c1-10(2,3)11-7-9(14)8-5-6-12-13(8)4/h5-6,9,11,14H,7H2,1-4H3. The van der Waals surface area contributed by atoms with Gasteiger partial charge in [-0.25, -0.2) is 0 Å². The van der Waals surface area contributed by atoms with Gasteiger partial charge < -0.3 is 10.4 Å². The quantitative estimate of drug-likeness (QED) is 0.755. The molecule has 80 valence electrons. The van der Waals surface area contributed by atoms with Crippen LogP contribution >= 0.6 is 0 Å². The van der Waals surface area contributed by atoms with E-state index in [0.29, 0.717) is 6.54 Å². The fraction of sp³-hybridized carbons (Fsp3) is 0.700. The lowest BCUT2D eigenvalue weighted by Gasteiger charge is -2.22. The Balaban J connectivity index is 2.51. The van der Waals surface area contributed by atoms with E-state index < -0.39 is 6.10 Å². The summed E-state index contributed by atoms with van der Waals surface area (Å²) in [5, 5.41) is 17.1. The van der Waals surface area contributed by atoms with Crippen LogP contribution in [0.5, 0.6) is 0 Å². The first-order chi connectivity index (χ1) is 6.40. The smallest absolute Gasteiger partial charge is 0.108 e. The number of aliphatic hydroxyl groups is 1. The molecular formula is C10H19N3O. The van der Waals surface area contributed by atoms with Gasteiger partial charge in [-0.1, -0.05) is 0 Å². The highest BCUT2D eigenvalue weighted by Gasteiger charge is 2.15. The zero-order valence-electron chi connectivity index (χ0n) is 9.28. The Morgan fingerprint density at radius 3 is 2.64 bits per heavy atom. The highest BCUT2D eigenvalue weighted by molar-refractivity contribution is 5.04. The molecule has 0 aliphatic heterocycles. The molecule has 14 heavy (non-hydrogen) atoms. The maximum Gasteiger partial charge on any atom is 0.108 e. The maximum atomic E-state index is 9.83. The molecule has 1 rings (SSSR count). The third-order valence-corrected chi connectivity index (χ3v) is 2.03. The summed E-state index contributed by atoms with van der Waals surface area (Å²) < 4.78 is 1.69. The van der Waals surface area contributed by atoms with Crippen LogP contribution in [0.1, 0.15) is 32.6 Å². The Morgan fingerprint density at radius 2 is 2.21 bits per heavy atom. The molecule has 2 N–H and O–H groups in total. The van der Waals surface area contributed by atoms with Crippen molar-refractivity contribution in [3.63, 3.8) is 0 Å². The van der Waals surface area contributed by atoms with E-state index in [1.807, 2.05) is 13.1 Å². The Hall–Kier alpha value is -0.870. The molecule has 1 aromatic heterocycles. The molecule has 0 saturated heterocycles. The molecule has 0 fully saturated rings. The van der Waals surface area contributed by atoms with Crippen molar-refractivity contribution in [2.24, 2.45) is 7.05 Å². The summed E-state index contributed by atoms with van der Waals surface area (Å²) >= 11 is 0. The van der Waals surface area contributed by atoms with Gasteiger partial charge in [0.05, 0.1) is 5.69 Å². The number of aryl methyl sites for hydroxylation is 1. The van der Waals surface area contributed by atoms with Crippen LogP contribution in [0.3, 0.4) is 0 Å². The van der Waals surface area contributed by atoms with Crippen molar-refractivity contribution >= 4 is 0 Å². The SMILES string of the molecule is Cn1nccc1C(O)CNC(C)(C)C. The molecule has 4 heteroatoms. The van der Waals surface area contributed by atoms with Crippen LogP contribution in [-0.4, -0.2) is 27.0 Å². The van der Waals surface area contributed by atoms with Crippen LogP contribution in [0.25, 0.3) is 0 Å². The zero-order chi connectivity index (χ0) is 10.8. The summed E-state index contributed by atoms with van der Waals surface area (Å²) in [6.45, 7) is 6.76. The van der Waals surface area contributed by atoms with E-state index in [0.717, 1.165) is 5.69 Å². The fourth-order valence-corrected chi connectivity index (χ4v) is 1.22. The van der Waals surface area contributed by atoms with Crippen LogP contribution < -0.4 is 5.32 Å². The Bertz CT molecular complexity index is 288. The summed E-state index contributed by atoms with van der Waals surface area (Å²) in [6.07, 6.45) is 1.19. The van der Waals surface area contributed by atoms with Crippen molar-refractivity contribution in [1.29, 1.82) is 0 Å². The number of rotatable bonds is 3. The molecule has 1 atom stereocenters. The third kappa shape index (κ3) is 3.12. The Labute approximate surface area is 84.9 Å². The van der Waals surface area contributed by atoms with Gasteiger partial charge in [-0.05, 0) is 26.8 Å². The predicted molar refractivity (Wildman–Crippen MR) is 55.9 cm³/mol. The largest absolute Gasteiger partial charge is 0.385 e. The Kier molecular flexibility index (Phi) is 3.29. The number of aromatic nitrogens is 2. The monoisotopic (exact) mass is 197 g/mol. The van der Waals surface area contributed by atoms with Gasteiger partial charge in [0.25, 0.3) is 0 Å². The average molecular weight is 197 g/mol. The Morgan fingerprint density at radius 1 is 1.57 bits per heavy atom. The maximum absolute atomic E-state index is 9.83. The van der Waals surface area contributed by atoms with Crippen molar-refractivity contribution in [2.75, 3.05) is 6.54 Å². The predicted octanol–water partition coefficient (Wildman–Crippen LogP) is 0.842. The molecule has 0 aromatic carbocycles. The van der Waals surface area contributed by atoms with E-state index >= 15 is 0 Å². The molecule has 0 saturated carbocycles. The molecule has 0 amide bonds. The van der Waals surface area contributed by atoms with E-state index in [-0.39, 0.29) is 5.54 Å². The zero-order valence-corrected chi connectivity index (χ0v) is 9.28. The summed E-state index contributed by atoms with van der Waals surface area (Å²) in [7, 11) is 1.83. The normalized spacial score (nSPS) is 14.4. The molecule has 4 nitrogen and oxygen atoms in total. The lowest BCUT2D eigenvalue weighted by Crippen LogP contribution is -2.38. The second-order valence-corrected chi connectivity index (χ2v) is 4.53. The van der Waals surface area contributed by atoms with Gasteiger partial charge in [0.15, 0.2) is 0 Å². The molecule has 1 heterocycles. The molecule has 0 spiro atoms. The van der Waals surface area contributed by atoms with E-state index in [2.05, 4.69) is 31.2 Å². The molecular weight excluding hydrogens is 178 g/mol. The number of nitrogens with zero attached hydrogens (tertiary/aromatic N) is 2. The molecule has 0 radical (unpaired) electrons. The van der Waals surface area contributed by atoms with E-state index in [9.17, 15) is 5.11 Å². The topological polar surface area (TPSA) is 50.1 Å². The molecule has 0 aliphatic carbocycles. The minimum absolute atomic E-state index is 0.0274. The van der Waals surface area contributed by atoms with Crippen molar-refractivity contribution in [3.8, 4) is 0 Å². The van der Waals surface area contributed by atoms with E-state index in [1.54, 1.807) is 10.9 Å². The highest BCUT2D eigenvalue weighted by atomic mass is 16.3. The number of β-amino-alcohol motifs (C(OH)–C–C–N with tert-alkyl or cyclic N) is 1. The van der Waals surface area contributed by atoms with Gasteiger partial charge in [-0.3, -0.25) is 4.68 Å². The summed E-state index contributed by atoms with van der Waals surface area (Å²) in [4.78, 5) is 0. The van der Waals surface area contributed by atoms with Crippen molar-refractivity contribution in [2.45, 2.75) is 32.4 Å². The first-order valence-corrected chi connectivity index (χ1v) is 4.81. The van der Waals surface area contributed by atoms with E-state index in [4.69, 9.17) is 0 Å². The van der Waals surface area contributed by atoms with Crippen LogP contribution in [-0.2, 0) is 7.05 Å². The number of hydrogen-bond acceptors (Lipinski definition) is 3. The first-order valence-electron chi connectivity index (χ1n) is 4.81. The number of nitrogens with one attached hydrogen (secondary N) is 1. The fourth-order valence-electron chi connectivity index (χ4n) is 1.22. The van der Waals surface area contributed by atoms with Gasteiger partial charge in [0.1, 0.15) is 6.10 Å². The van der Waals surface area contributed by atoms with Crippen molar-refractivity contribution in [3.05, 3.63) is 18.0 Å². The lowest BCUT2D eigenvalue weighted by atomic mass is 10.1. The summed E-state index contributed by atoms with van der Waals surface area (Å²) in [5.41, 5.74) is 0.862. The lowest BCUT2D eigenvalue weighted by molar-refractivity contribution is 0.154. The van der Waals surface area contributed by atoms with Crippen molar-refractivity contribution in [1.82, 2.24) is 15.1 Å². The third-order valence-electron chi connectivity index (χ3n) is 2.03. The van der Waals surface area contributed by atoms with Gasteiger partial charge in [-0.15, -0.1) is 0 Å². The molecule has 0 aliphatic rings. The molecule has 0 bridgehead atoms. The van der Waals surface area contributed by atoms with Crippen LogP contribution in [0.15, 0.2) is 12.3 Å². The van der Waals surface area contributed by atoms with Crippen molar-refractivity contribution < 1.29 is 5.11 Å².